The Balaban J connectivity index is 1.34. The van der Waals surface area contributed by atoms with Crippen molar-refractivity contribution in [1.29, 1.82) is 0 Å². The Bertz CT molecular complexity index is 1100. The molecule has 0 bridgehead atoms. The van der Waals surface area contributed by atoms with Gasteiger partial charge in [-0.3, -0.25) is 9.59 Å². The van der Waals surface area contributed by atoms with Crippen LogP contribution in [0.2, 0.25) is 0 Å². The highest BCUT2D eigenvalue weighted by atomic mass is 32.2. The van der Waals surface area contributed by atoms with Gasteiger partial charge in [0.25, 0.3) is 5.91 Å². The van der Waals surface area contributed by atoms with E-state index in [4.69, 9.17) is 0 Å². The SMILES string of the molecule is C=C1c2ccccc2C(=O)N1CCC(=O)Nc1ccc(S(=O)(=O)N2CCCCCC2)cc1. The Morgan fingerprint density at radius 3 is 2.19 bits per heavy atom. The van der Waals surface area contributed by atoms with Crippen LogP contribution >= 0.6 is 0 Å². The van der Waals surface area contributed by atoms with Gasteiger partial charge < -0.3 is 10.2 Å². The third kappa shape index (κ3) is 4.47. The van der Waals surface area contributed by atoms with Gasteiger partial charge >= 0.3 is 0 Å². The van der Waals surface area contributed by atoms with Crippen LogP contribution in [0.1, 0.15) is 48.0 Å². The fraction of sp³-hybridized carbons (Fsp3) is 0.333. The zero-order chi connectivity index (χ0) is 22.7. The van der Waals surface area contributed by atoms with Crippen LogP contribution in [0.15, 0.2) is 60.0 Å². The van der Waals surface area contributed by atoms with E-state index < -0.39 is 10.0 Å². The van der Waals surface area contributed by atoms with Gasteiger partial charge in [0.05, 0.1) is 4.90 Å². The summed E-state index contributed by atoms with van der Waals surface area (Å²) in [4.78, 5) is 26.7. The van der Waals surface area contributed by atoms with Crippen LogP contribution in [0.25, 0.3) is 5.70 Å². The molecule has 0 aromatic heterocycles. The highest BCUT2D eigenvalue weighted by Crippen LogP contribution is 2.31. The number of benzene rings is 2. The average Bonchev–Trinajstić information content (AvgIpc) is 2.98. The zero-order valence-electron chi connectivity index (χ0n) is 17.9. The first-order valence-corrected chi connectivity index (χ1v) is 12.3. The largest absolute Gasteiger partial charge is 0.326 e. The first-order valence-electron chi connectivity index (χ1n) is 10.9. The second-order valence-electron chi connectivity index (χ2n) is 8.09. The van der Waals surface area contributed by atoms with Gasteiger partial charge in [0, 0.05) is 48.6 Å². The molecule has 32 heavy (non-hydrogen) atoms. The normalized spacial score (nSPS) is 17.2. The number of anilines is 1. The van der Waals surface area contributed by atoms with Crippen LogP contribution in [-0.4, -0.2) is 49.1 Å². The monoisotopic (exact) mass is 453 g/mol. The van der Waals surface area contributed by atoms with Crippen molar-refractivity contribution in [2.45, 2.75) is 37.0 Å². The van der Waals surface area contributed by atoms with E-state index in [0.717, 1.165) is 31.2 Å². The molecule has 4 rings (SSSR count). The Morgan fingerprint density at radius 2 is 1.56 bits per heavy atom. The zero-order valence-corrected chi connectivity index (χ0v) is 18.7. The van der Waals surface area contributed by atoms with Gasteiger partial charge in [-0.25, -0.2) is 8.42 Å². The molecule has 0 spiro atoms. The molecule has 2 aromatic rings. The lowest BCUT2D eigenvalue weighted by molar-refractivity contribution is -0.116. The van der Waals surface area contributed by atoms with Gasteiger partial charge in [0.2, 0.25) is 15.9 Å². The second kappa shape index (κ2) is 9.26. The van der Waals surface area contributed by atoms with Crippen LogP contribution < -0.4 is 5.32 Å². The molecular formula is C24H27N3O4S. The molecule has 0 atom stereocenters. The number of sulfonamides is 1. The minimum absolute atomic E-state index is 0.104. The molecule has 1 N–H and O–H groups in total. The molecule has 168 valence electrons. The molecule has 2 aliphatic rings. The molecule has 8 heteroatoms. The lowest BCUT2D eigenvalue weighted by Crippen LogP contribution is -2.31. The first-order chi connectivity index (χ1) is 15.4. The molecule has 0 saturated carbocycles. The summed E-state index contributed by atoms with van der Waals surface area (Å²) in [5, 5.41) is 2.77. The number of carbonyl (C=O) groups excluding carboxylic acids is 2. The average molecular weight is 454 g/mol. The summed E-state index contributed by atoms with van der Waals surface area (Å²) in [6.07, 6.45) is 3.97. The maximum Gasteiger partial charge on any atom is 0.258 e. The van der Waals surface area contributed by atoms with Crippen molar-refractivity contribution in [2.75, 3.05) is 25.0 Å². The van der Waals surface area contributed by atoms with E-state index in [1.807, 2.05) is 12.1 Å². The molecular weight excluding hydrogens is 426 g/mol. The van der Waals surface area contributed by atoms with E-state index in [1.165, 1.54) is 17.0 Å². The Kier molecular flexibility index (Phi) is 6.43. The maximum atomic E-state index is 12.9. The van der Waals surface area contributed by atoms with Crippen LogP contribution in [0.4, 0.5) is 5.69 Å². The van der Waals surface area contributed by atoms with Gasteiger partial charge in [0.1, 0.15) is 0 Å². The quantitative estimate of drug-likeness (QED) is 0.722. The number of rotatable bonds is 6. The van der Waals surface area contributed by atoms with Gasteiger partial charge in [0.15, 0.2) is 0 Å². The van der Waals surface area contributed by atoms with E-state index in [9.17, 15) is 18.0 Å². The van der Waals surface area contributed by atoms with E-state index in [2.05, 4.69) is 11.9 Å². The molecule has 2 aromatic carbocycles. The highest BCUT2D eigenvalue weighted by molar-refractivity contribution is 7.89. The summed E-state index contributed by atoms with van der Waals surface area (Å²) in [5.41, 5.74) is 2.50. The predicted molar refractivity (Wildman–Crippen MR) is 123 cm³/mol. The summed E-state index contributed by atoms with van der Waals surface area (Å²) in [6.45, 7) is 5.29. The molecule has 2 heterocycles. The Hall–Kier alpha value is -2.97. The number of hydrogen-bond acceptors (Lipinski definition) is 4. The van der Waals surface area contributed by atoms with Crippen LogP contribution in [0.5, 0.6) is 0 Å². The van der Waals surface area contributed by atoms with E-state index in [1.54, 1.807) is 28.6 Å². The van der Waals surface area contributed by atoms with Gasteiger partial charge in [-0.1, -0.05) is 37.6 Å². The van der Waals surface area contributed by atoms with Crippen molar-refractivity contribution in [3.8, 4) is 0 Å². The summed E-state index contributed by atoms with van der Waals surface area (Å²) in [5.74, 6) is -0.411. The summed E-state index contributed by atoms with van der Waals surface area (Å²) < 4.78 is 27.3. The van der Waals surface area contributed by atoms with Crippen molar-refractivity contribution in [3.05, 3.63) is 66.2 Å². The van der Waals surface area contributed by atoms with Crippen LogP contribution in [0.3, 0.4) is 0 Å². The standard InChI is InChI=1S/C24H27N3O4S/c1-18-21-8-4-5-9-22(21)24(29)27(18)17-14-23(28)25-19-10-12-20(13-11-19)32(30,31)26-15-6-2-3-7-16-26/h4-5,8-13H,1-3,6-7,14-17H2,(H,25,28). The first kappa shape index (κ1) is 22.2. The summed E-state index contributed by atoms with van der Waals surface area (Å²) >= 11 is 0. The van der Waals surface area contributed by atoms with Gasteiger partial charge in [-0.2, -0.15) is 4.31 Å². The van der Waals surface area contributed by atoms with Crippen LogP contribution in [-0.2, 0) is 14.8 Å². The molecule has 0 aliphatic carbocycles. The lowest BCUT2D eigenvalue weighted by Gasteiger charge is -2.20. The van der Waals surface area contributed by atoms with Crippen molar-refractivity contribution >= 4 is 33.2 Å². The predicted octanol–water partition coefficient (Wildman–Crippen LogP) is 3.71. The fourth-order valence-corrected chi connectivity index (χ4v) is 5.67. The van der Waals surface area contributed by atoms with Crippen LogP contribution in [0, 0.1) is 0 Å². The van der Waals surface area contributed by atoms with Crippen molar-refractivity contribution in [1.82, 2.24) is 9.21 Å². The maximum absolute atomic E-state index is 12.9. The minimum Gasteiger partial charge on any atom is -0.326 e. The number of hydrogen-bond donors (Lipinski definition) is 1. The number of nitrogens with one attached hydrogen (secondary N) is 1. The number of carbonyl (C=O) groups is 2. The Labute approximate surface area is 188 Å². The lowest BCUT2D eigenvalue weighted by atomic mass is 10.1. The van der Waals surface area contributed by atoms with E-state index in [0.29, 0.717) is 30.0 Å². The number of amides is 2. The molecule has 0 radical (unpaired) electrons. The second-order valence-corrected chi connectivity index (χ2v) is 10.0. The molecule has 2 aliphatic heterocycles. The third-order valence-electron chi connectivity index (χ3n) is 5.94. The summed E-state index contributed by atoms with van der Waals surface area (Å²) in [7, 11) is -3.52. The highest BCUT2D eigenvalue weighted by Gasteiger charge is 2.30. The molecule has 1 saturated heterocycles. The molecule has 7 nitrogen and oxygen atoms in total. The number of nitrogens with zero attached hydrogens (tertiary/aromatic N) is 2. The van der Waals surface area contributed by atoms with Crippen molar-refractivity contribution < 1.29 is 18.0 Å². The van der Waals surface area contributed by atoms with Gasteiger partial charge in [-0.15, -0.1) is 0 Å². The fourth-order valence-electron chi connectivity index (χ4n) is 4.15. The number of fused-ring (bicyclic) bond motifs is 1. The Morgan fingerprint density at radius 1 is 0.938 bits per heavy atom. The minimum atomic E-state index is -3.52. The van der Waals surface area contributed by atoms with E-state index >= 15 is 0 Å². The smallest absolute Gasteiger partial charge is 0.258 e. The molecule has 2 amide bonds. The van der Waals surface area contributed by atoms with Crippen molar-refractivity contribution in [2.24, 2.45) is 0 Å². The van der Waals surface area contributed by atoms with Crippen molar-refractivity contribution in [3.63, 3.8) is 0 Å². The van der Waals surface area contributed by atoms with E-state index in [-0.39, 0.29) is 29.7 Å². The van der Waals surface area contributed by atoms with Gasteiger partial charge in [-0.05, 0) is 43.2 Å². The molecule has 0 unspecified atom stereocenters. The topological polar surface area (TPSA) is 86.8 Å². The summed E-state index contributed by atoms with van der Waals surface area (Å²) in [6, 6.07) is 13.5. The molecule has 1 fully saturated rings. The third-order valence-corrected chi connectivity index (χ3v) is 7.86.